The lowest BCUT2D eigenvalue weighted by Crippen LogP contribution is -2.15. The molecular formula is C22H21FN6O2. The Kier molecular flexibility index (Phi) is 4.40. The van der Waals surface area contributed by atoms with Gasteiger partial charge in [-0.3, -0.25) is 0 Å². The summed E-state index contributed by atoms with van der Waals surface area (Å²) in [5, 5.41) is 18.2. The van der Waals surface area contributed by atoms with E-state index in [9.17, 15) is 14.3 Å². The molecule has 0 amide bonds. The number of phenolic OH excluding ortho intramolecular Hbond substituents is 1. The number of benzene rings is 2. The van der Waals surface area contributed by atoms with Gasteiger partial charge >= 0.3 is 5.69 Å². The van der Waals surface area contributed by atoms with Gasteiger partial charge in [-0.05, 0) is 43.3 Å². The molecule has 0 unspecified atom stereocenters. The van der Waals surface area contributed by atoms with E-state index >= 15 is 0 Å². The van der Waals surface area contributed by atoms with Gasteiger partial charge in [0.05, 0.1) is 11.2 Å². The number of aromatic nitrogens is 5. The van der Waals surface area contributed by atoms with Gasteiger partial charge in [-0.15, -0.1) is 0 Å². The number of aromatic hydroxyl groups is 1. The first-order valence-corrected chi connectivity index (χ1v) is 9.92. The summed E-state index contributed by atoms with van der Waals surface area (Å²) in [5.41, 5.74) is 8.14. The van der Waals surface area contributed by atoms with Crippen LogP contribution in [-0.4, -0.2) is 35.5 Å². The molecule has 3 aromatic heterocycles. The summed E-state index contributed by atoms with van der Waals surface area (Å²) >= 11 is 0. The Balaban J connectivity index is 1.78. The molecule has 9 heteroatoms. The maximum absolute atomic E-state index is 14.0. The molecule has 5 aromatic rings. The van der Waals surface area contributed by atoms with Gasteiger partial charge in [0.15, 0.2) is 5.82 Å². The lowest BCUT2D eigenvalue weighted by molar-refractivity contribution is 0.475. The average molecular weight is 420 g/mol. The fourth-order valence-electron chi connectivity index (χ4n) is 4.13. The van der Waals surface area contributed by atoms with Crippen molar-refractivity contribution in [2.75, 3.05) is 6.54 Å². The highest BCUT2D eigenvalue weighted by atomic mass is 19.1. The minimum atomic E-state index is -0.408. The second kappa shape index (κ2) is 7.13. The predicted molar refractivity (Wildman–Crippen MR) is 117 cm³/mol. The fourth-order valence-corrected chi connectivity index (χ4v) is 4.13. The van der Waals surface area contributed by atoms with Crippen LogP contribution in [0.15, 0.2) is 53.6 Å². The highest BCUT2D eigenvalue weighted by Crippen LogP contribution is 2.33. The van der Waals surface area contributed by atoms with Crippen LogP contribution in [0.25, 0.3) is 38.9 Å². The second-order valence-corrected chi connectivity index (χ2v) is 7.55. The molecule has 0 spiro atoms. The van der Waals surface area contributed by atoms with E-state index in [-0.39, 0.29) is 11.6 Å². The third-order valence-electron chi connectivity index (χ3n) is 5.55. The summed E-state index contributed by atoms with van der Waals surface area (Å²) < 4.78 is 19.3. The number of nitrogens with one attached hydrogen (secondary N) is 1. The van der Waals surface area contributed by atoms with Crippen LogP contribution in [-0.2, 0) is 13.6 Å². The Labute approximate surface area is 175 Å². The maximum Gasteiger partial charge on any atom is 0.348 e. The van der Waals surface area contributed by atoms with Crippen LogP contribution in [0.1, 0.15) is 6.42 Å². The quantitative estimate of drug-likeness (QED) is 0.406. The Morgan fingerprint density at radius 1 is 1.13 bits per heavy atom. The molecule has 0 saturated carbocycles. The van der Waals surface area contributed by atoms with Crippen molar-refractivity contribution < 1.29 is 9.50 Å². The van der Waals surface area contributed by atoms with Crippen molar-refractivity contribution in [3.63, 3.8) is 0 Å². The van der Waals surface area contributed by atoms with Crippen molar-refractivity contribution in [3.05, 3.63) is 65.1 Å². The van der Waals surface area contributed by atoms with Crippen LogP contribution in [0.5, 0.6) is 5.75 Å². The molecule has 31 heavy (non-hydrogen) atoms. The van der Waals surface area contributed by atoms with E-state index in [4.69, 9.17) is 5.73 Å². The highest BCUT2D eigenvalue weighted by molar-refractivity contribution is 5.96. The fraction of sp³-hybridized carbons (Fsp3) is 0.182. The highest BCUT2D eigenvalue weighted by Gasteiger charge is 2.21. The number of aryl methyl sites for hydroxylation is 2. The third kappa shape index (κ3) is 3.01. The van der Waals surface area contributed by atoms with Gasteiger partial charge in [-0.1, -0.05) is 0 Å². The molecule has 3 heterocycles. The second-order valence-electron chi connectivity index (χ2n) is 7.55. The SMILES string of the molecule is Cn1cc(-c2n[nH]c(=O)n2-c2cn(CCCN)c3cc(O)ccc23)c2cc(F)ccc21. The number of phenols is 1. The maximum atomic E-state index is 14.0. The molecule has 0 aliphatic rings. The zero-order valence-corrected chi connectivity index (χ0v) is 16.8. The number of nitrogens with zero attached hydrogens (tertiary/aromatic N) is 4. The number of hydrogen-bond acceptors (Lipinski definition) is 4. The molecule has 0 radical (unpaired) electrons. The monoisotopic (exact) mass is 420 g/mol. The van der Waals surface area contributed by atoms with Crippen molar-refractivity contribution in [3.8, 4) is 22.8 Å². The van der Waals surface area contributed by atoms with E-state index < -0.39 is 5.69 Å². The molecular weight excluding hydrogens is 399 g/mol. The van der Waals surface area contributed by atoms with E-state index in [1.165, 1.54) is 16.7 Å². The lowest BCUT2D eigenvalue weighted by Gasteiger charge is -2.04. The molecule has 158 valence electrons. The zero-order chi connectivity index (χ0) is 21.7. The molecule has 0 aliphatic heterocycles. The molecule has 0 atom stereocenters. The van der Waals surface area contributed by atoms with Crippen LogP contribution in [0.4, 0.5) is 4.39 Å². The smallest absolute Gasteiger partial charge is 0.348 e. The minimum Gasteiger partial charge on any atom is -0.508 e. The van der Waals surface area contributed by atoms with Gasteiger partial charge in [0, 0.05) is 53.9 Å². The van der Waals surface area contributed by atoms with Gasteiger partial charge in [0.25, 0.3) is 0 Å². The van der Waals surface area contributed by atoms with Crippen molar-refractivity contribution >= 4 is 21.8 Å². The number of H-pyrrole nitrogens is 1. The molecule has 0 bridgehead atoms. The summed E-state index contributed by atoms with van der Waals surface area (Å²) in [4.78, 5) is 12.8. The largest absolute Gasteiger partial charge is 0.508 e. The zero-order valence-electron chi connectivity index (χ0n) is 16.8. The van der Waals surface area contributed by atoms with E-state index in [0.717, 1.165) is 22.8 Å². The number of rotatable bonds is 5. The first kappa shape index (κ1) is 19.1. The summed E-state index contributed by atoms with van der Waals surface area (Å²) in [6.45, 7) is 1.16. The lowest BCUT2D eigenvalue weighted by atomic mass is 10.1. The van der Waals surface area contributed by atoms with Crippen LogP contribution in [0, 0.1) is 5.82 Å². The number of halogens is 1. The van der Waals surface area contributed by atoms with Crippen LogP contribution in [0.2, 0.25) is 0 Å². The molecule has 5 rings (SSSR count). The van der Waals surface area contributed by atoms with Crippen molar-refractivity contribution in [1.29, 1.82) is 0 Å². The van der Waals surface area contributed by atoms with Gasteiger partial charge < -0.3 is 20.0 Å². The Morgan fingerprint density at radius 2 is 1.97 bits per heavy atom. The number of fused-ring (bicyclic) bond motifs is 2. The topological polar surface area (TPSA) is 107 Å². The van der Waals surface area contributed by atoms with Gasteiger partial charge in [-0.2, -0.15) is 5.10 Å². The van der Waals surface area contributed by atoms with E-state index in [1.54, 1.807) is 24.3 Å². The molecule has 2 aromatic carbocycles. The Morgan fingerprint density at radius 3 is 2.77 bits per heavy atom. The number of nitrogens with two attached hydrogens (primary N) is 1. The average Bonchev–Trinajstić information content (AvgIpc) is 3.39. The third-order valence-corrected chi connectivity index (χ3v) is 5.55. The van der Waals surface area contributed by atoms with E-state index in [0.29, 0.717) is 35.6 Å². The first-order valence-electron chi connectivity index (χ1n) is 9.92. The molecule has 4 N–H and O–H groups in total. The normalized spacial score (nSPS) is 11.7. The van der Waals surface area contributed by atoms with E-state index in [1.807, 2.05) is 28.6 Å². The number of hydrogen-bond donors (Lipinski definition) is 3. The van der Waals surface area contributed by atoms with Gasteiger partial charge in [0.2, 0.25) is 0 Å². The van der Waals surface area contributed by atoms with Gasteiger partial charge in [-0.25, -0.2) is 18.9 Å². The first-order chi connectivity index (χ1) is 15.0. The molecule has 0 fully saturated rings. The molecule has 8 nitrogen and oxygen atoms in total. The van der Waals surface area contributed by atoms with Crippen LogP contribution < -0.4 is 11.4 Å². The molecule has 0 aliphatic carbocycles. The van der Waals surface area contributed by atoms with E-state index in [2.05, 4.69) is 10.2 Å². The standard InChI is InChI=1S/C22H21FN6O2/c1-27-11-17(16-9-13(23)3-6-18(16)27)21-25-26-22(31)29(21)20-12-28(8-2-7-24)19-10-14(30)4-5-15(19)20/h3-6,9-12,30H,2,7-8,24H2,1H3,(H,26,31). The number of aromatic amines is 1. The minimum absolute atomic E-state index is 0.135. The summed E-state index contributed by atoms with van der Waals surface area (Å²) in [6.07, 6.45) is 4.43. The van der Waals surface area contributed by atoms with Crippen LogP contribution >= 0.6 is 0 Å². The Hall–Kier alpha value is -3.85. The van der Waals surface area contributed by atoms with Crippen molar-refractivity contribution in [2.24, 2.45) is 12.8 Å². The Bertz CT molecular complexity index is 1490. The summed E-state index contributed by atoms with van der Waals surface area (Å²) in [7, 11) is 1.86. The van der Waals surface area contributed by atoms with Crippen LogP contribution in [0.3, 0.4) is 0 Å². The summed E-state index contributed by atoms with van der Waals surface area (Å²) in [5.74, 6) is 0.154. The summed E-state index contributed by atoms with van der Waals surface area (Å²) in [6, 6.07) is 9.55. The van der Waals surface area contributed by atoms with Crippen molar-refractivity contribution in [2.45, 2.75) is 13.0 Å². The predicted octanol–water partition coefficient (Wildman–Crippen LogP) is 2.87. The molecule has 0 saturated heterocycles. The van der Waals surface area contributed by atoms with Crippen molar-refractivity contribution in [1.82, 2.24) is 23.9 Å². The van der Waals surface area contributed by atoms with Gasteiger partial charge in [0.1, 0.15) is 11.6 Å².